The highest BCUT2D eigenvalue weighted by molar-refractivity contribution is 7.99. The van der Waals surface area contributed by atoms with E-state index in [9.17, 15) is 9.90 Å². The van der Waals surface area contributed by atoms with Crippen molar-refractivity contribution in [3.8, 4) is 0 Å². The van der Waals surface area contributed by atoms with Crippen molar-refractivity contribution in [1.29, 1.82) is 0 Å². The SMILES string of the molecule is CSC(C(=O)NCC1CNCC1O)c1ccccc1.Cl. The zero-order valence-corrected chi connectivity index (χ0v) is 13.0. The van der Waals surface area contributed by atoms with Crippen LogP contribution in [0, 0.1) is 5.92 Å². The molecule has 0 aliphatic carbocycles. The van der Waals surface area contributed by atoms with Gasteiger partial charge in [-0.05, 0) is 11.8 Å². The van der Waals surface area contributed by atoms with Gasteiger partial charge in [-0.3, -0.25) is 4.79 Å². The van der Waals surface area contributed by atoms with Crippen LogP contribution in [0.2, 0.25) is 0 Å². The smallest absolute Gasteiger partial charge is 0.237 e. The Morgan fingerprint density at radius 1 is 1.45 bits per heavy atom. The molecule has 0 bridgehead atoms. The van der Waals surface area contributed by atoms with Crippen LogP contribution in [0.15, 0.2) is 30.3 Å². The van der Waals surface area contributed by atoms with Crippen LogP contribution in [0.4, 0.5) is 0 Å². The largest absolute Gasteiger partial charge is 0.391 e. The molecule has 4 nitrogen and oxygen atoms in total. The van der Waals surface area contributed by atoms with E-state index in [0.29, 0.717) is 13.1 Å². The van der Waals surface area contributed by atoms with Gasteiger partial charge in [0.15, 0.2) is 0 Å². The standard InChI is InChI=1S/C14H20N2O2S.ClH/c1-19-13(10-5-3-2-4-6-10)14(18)16-8-11-7-15-9-12(11)17;/h2-6,11-13,15,17H,7-9H2,1H3,(H,16,18);1H. The molecule has 2 rings (SSSR count). The average Bonchev–Trinajstić information content (AvgIpc) is 2.84. The fourth-order valence-electron chi connectivity index (χ4n) is 2.27. The van der Waals surface area contributed by atoms with Gasteiger partial charge in [0.2, 0.25) is 5.91 Å². The number of halogens is 1. The Bertz CT molecular complexity index is 419. The number of aliphatic hydroxyl groups is 1. The summed E-state index contributed by atoms with van der Waals surface area (Å²) >= 11 is 1.52. The summed E-state index contributed by atoms with van der Waals surface area (Å²) in [6.07, 6.45) is 1.58. The molecular weight excluding hydrogens is 296 g/mol. The van der Waals surface area contributed by atoms with Crippen molar-refractivity contribution in [3.63, 3.8) is 0 Å². The summed E-state index contributed by atoms with van der Waals surface area (Å²) in [4.78, 5) is 12.2. The van der Waals surface area contributed by atoms with E-state index in [2.05, 4.69) is 10.6 Å². The lowest BCUT2D eigenvalue weighted by molar-refractivity contribution is -0.120. The van der Waals surface area contributed by atoms with Gasteiger partial charge in [-0.1, -0.05) is 30.3 Å². The number of rotatable bonds is 5. The number of carbonyl (C=O) groups is 1. The van der Waals surface area contributed by atoms with E-state index in [4.69, 9.17) is 0 Å². The van der Waals surface area contributed by atoms with Crippen molar-refractivity contribution < 1.29 is 9.90 Å². The highest BCUT2D eigenvalue weighted by Crippen LogP contribution is 2.26. The van der Waals surface area contributed by atoms with E-state index in [1.54, 1.807) is 0 Å². The Kier molecular flexibility index (Phi) is 7.37. The molecule has 3 atom stereocenters. The number of thioether (sulfide) groups is 1. The molecule has 0 radical (unpaired) electrons. The molecule has 1 saturated heterocycles. The van der Waals surface area contributed by atoms with Crippen LogP contribution in [0.25, 0.3) is 0 Å². The van der Waals surface area contributed by atoms with E-state index < -0.39 is 0 Å². The van der Waals surface area contributed by atoms with E-state index in [1.807, 2.05) is 36.6 Å². The fraction of sp³-hybridized carbons (Fsp3) is 0.500. The molecule has 1 aliphatic rings. The number of hydrogen-bond donors (Lipinski definition) is 3. The zero-order valence-electron chi connectivity index (χ0n) is 11.4. The van der Waals surface area contributed by atoms with Gasteiger partial charge < -0.3 is 15.7 Å². The summed E-state index contributed by atoms with van der Waals surface area (Å²) in [5.41, 5.74) is 1.01. The zero-order chi connectivity index (χ0) is 13.7. The van der Waals surface area contributed by atoms with Crippen molar-refractivity contribution in [2.24, 2.45) is 5.92 Å². The number of β-amino-alcohol motifs (C(OH)–C–C–N with tert-alkyl or cyclic N) is 1. The van der Waals surface area contributed by atoms with Crippen LogP contribution >= 0.6 is 24.2 Å². The van der Waals surface area contributed by atoms with Crippen molar-refractivity contribution in [1.82, 2.24) is 10.6 Å². The van der Waals surface area contributed by atoms with Crippen molar-refractivity contribution in [2.75, 3.05) is 25.9 Å². The highest BCUT2D eigenvalue weighted by atomic mass is 35.5. The van der Waals surface area contributed by atoms with Gasteiger partial charge in [0.05, 0.1) is 6.10 Å². The van der Waals surface area contributed by atoms with E-state index in [0.717, 1.165) is 12.1 Å². The van der Waals surface area contributed by atoms with E-state index in [-0.39, 0.29) is 35.6 Å². The normalized spacial score (nSPS) is 22.9. The van der Waals surface area contributed by atoms with Crippen molar-refractivity contribution in [2.45, 2.75) is 11.4 Å². The Morgan fingerprint density at radius 2 is 2.15 bits per heavy atom. The molecule has 3 N–H and O–H groups in total. The number of benzene rings is 1. The van der Waals surface area contributed by atoms with Crippen molar-refractivity contribution >= 4 is 30.1 Å². The van der Waals surface area contributed by atoms with E-state index >= 15 is 0 Å². The molecular formula is C14H21ClN2O2S. The van der Waals surface area contributed by atoms with Crippen LogP contribution in [-0.4, -0.2) is 43.0 Å². The minimum absolute atomic E-state index is 0. The lowest BCUT2D eigenvalue weighted by atomic mass is 10.1. The molecule has 0 aromatic heterocycles. The first kappa shape index (κ1) is 17.3. The molecule has 1 heterocycles. The Balaban J connectivity index is 0.00000200. The number of amides is 1. The average molecular weight is 317 g/mol. The van der Waals surface area contributed by atoms with Crippen LogP contribution in [0.5, 0.6) is 0 Å². The molecule has 1 aliphatic heterocycles. The molecule has 112 valence electrons. The molecule has 1 aromatic carbocycles. The predicted molar refractivity (Wildman–Crippen MR) is 85.3 cm³/mol. The number of hydrogen-bond acceptors (Lipinski definition) is 4. The molecule has 1 fully saturated rings. The van der Waals surface area contributed by atoms with Crippen LogP contribution < -0.4 is 10.6 Å². The van der Waals surface area contributed by atoms with E-state index in [1.165, 1.54) is 11.8 Å². The Hall–Kier alpha value is -0.750. The van der Waals surface area contributed by atoms with Gasteiger partial charge in [0.1, 0.15) is 5.25 Å². The second kappa shape index (κ2) is 8.52. The first-order chi connectivity index (χ1) is 9.22. The molecule has 1 amide bonds. The molecule has 3 unspecified atom stereocenters. The second-order valence-corrected chi connectivity index (χ2v) is 5.70. The van der Waals surface area contributed by atoms with Crippen molar-refractivity contribution in [3.05, 3.63) is 35.9 Å². The van der Waals surface area contributed by atoms with Gasteiger partial charge in [-0.2, -0.15) is 0 Å². The van der Waals surface area contributed by atoms with Gasteiger partial charge in [-0.25, -0.2) is 0 Å². The summed E-state index contributed by atoms with van der Waals surface area (Å²) in [6, 6.07) is 9.76. The molecule has 0 spiro atoms. The maximum Gasteiger partial charge on any atom is 0.237 e. The maximum absolute atomic E-state index is 12.2. The number of aliphatic hydroxyl groups excluding tert-OH is 1. The minimum Gasteiger partial charge on any atom is -0.391 e. The third-order valence-corrected chi connectivity index (χ3v) is 4.38. The lowest BCUT2D eigenvalue weighted by Gasteiger charge is -2.18. The van der Waals surface area contributed by atoms with Crippen LogP contribution in [0.1, 0.15) is 10.8 Å². The lowest BCUT2D eigenvalue weighted by Crippen LogP contribution is -2.36. The van der Waals surface area contributed by atoms with Gasteiger partial charge in [-0.15, -0.1) is 24.2 Å². The minimum atomic E-state index is -0.357. The summed E-state index contributed by atoms with van der Waals surface area (Å²) in [5.74, 6) is 0.125. The first-order valence-corrected chi connectivity index (χ1v) is 7.75. The van der Waals surface area contributed by atoms with Gasteiger partial charge >= 0.3 is 0 Å². The molecule has 6 heteroatoms. The maximum atomic E-state index is 12.2. The Morgan fingerprint density at radius 3 is 2.70 bits per heavy atom. The second-order valence-electron chi connectivity index (χ2n) is 4.76. The Labute approximate surface area is 130 Å². The summed E-state index contributed by atoms with van der Waals surface area (Å²) in [5, 5.41) is 15.6. The summed E-state index contributed by atoms with van der Waals surface area (Å²) in [7, 11) is 0. The van der Waals surface area contributed by atoms with Crippen LogP contribution in [0.3, 0.4) is 0 Å². The summed E-state index contributed by atoms with van der Waals surface area (Å²) in [6.45, 7) is 1.90. The molecule has 0 saturated carbocycles. The third-order valence-electron chi connectivity index (χ3n) is 3.42. The molecule has 20 heavy (non-hydrogen) atoms. The molecule has 1 aromatic rings. The predicted octanol–water partition coefficient (Wildman–Crippen LogP) is 1.21. The monoisotopic (exact) mass is 316 g/mol. The quantitative estimate of drug-likeness (QED) is 0.764. The fourth-order valence-corrected chi connectivity index (χ4v) is 3.00. The first-order valence-electron chi connectivity index (χ1n) is 6.46. The topological polar surface area (TPSA) is 61.4 Å². The van der Waals surface area contributed by atoms with Crippen LogP contribution in [-0.2, 0) is 4.79 Å². The third kappa shape index (κ3) is 4.38. The number of nitrogens with one attached hydrogen (secondary N) is 2. The van der Waals surface area contributed by atoms with Gasteiger partial charge in [0, 0.05) is 25.6 Å². The van der Waals surface area contributed by atoms with Gasteiger partial charge in [0.25, 0.3) is 0 Å². The highest BCUT2D eigenvalue weighted by Gasteiger charge is 2.26. The number of carbonyl (C=O) groups excluding carboxylic acids is 1. The summed E-state index contributed by atoms with van der Waals surface area (Å²) < 4.78 is 0.